The van der Waals surface area contributed by atoms with E-state index < -0.39 is 5.60 Å². The van der Waals surface area contributed by atoms with E-state index in [2.05, 4.69) is 27.7 Å². The average molecular weight is 350 g/mol. The van der Waals surface area contributed by atoms with Gasteiger partial charge in [0.15, 0.2) is 0 Å². The number of carbonyl (C=O) groups excluding carboxylic acids is 1. The van der Waals surface area contributed by atoms with Gasteiger partial charge in [0.25, 0.3) is 5.91 Å². The Bertz CT molecular complexity index is 555. The molecule has 2 aliphatic rings. The second kappa shape index (κ2) is 8.34. The summed E-state index contributed by atoms with van der Waals surface area (Å²) in [6.07, 6.45) is 1.42. The topological polar surface area (TPSA) is 53.6 Å². The Kier molecular flexibility index (Phi) is 6.16. The maximum atomic E-state index is 12.7. The number of benzene rings is 1. The molecule has 2 N–H and O–H groups in total. The van der Waals surface area contributed by atoms with Gasteiger partial charge in [-0.05, 0) is 43.6 Å². The zero-order valence-electron chi connectivity index (χ0n) is 14.3. The van der Waals surface area contributed by atoms with Crippen molar-refractivity contribution in [1.82, 2.24) is 10.2 Å². The summed E-state index contributed by atoms with van der Waals surface area (Å²) in [5.41, 5.74) is 1.40. The molecule has 0 unspecified atom stereocenters. The van der Waals surface area contributed by atoms with Crippen molar-refractivity contribution in [3.8, 4) is 0 Å². The molecular weight excluding hydrogens is 322 g/mol. The Hall–Kier alpha value is -1.08. The van der Waals surface area contributed by atoms with Crippen molar-refractivity contribution < 1.29 is 9.53 Å². The maximum absolute atomic E-state index is 12.7. The van der Waals surface area contributed by atoms with Gasteiger partial charge >= 0.3 is 0 Å². The molecular formula is C18H27N3O2S. The first-order valence-electron chi connectivity index (χ1n) is 8.68. The number of amides is 1. The van der Waals surface area contributed by atoms with Crippen LogP contribution in [0.5, 0.6) is 0 Å². The summed E-state index contributed by atoms with van der Waals surface area (Å²) >= 11 is 2.02. The van der Waals surface area contributed by atoms with Gasteiger partial charge in [0.2, 0.25) is 0 Å². The van der Waals surface area contributed by atoms with Crippen molar-refractivity contribution in [2.24, 2.45) is 0 Å². The Morgan fingerprint density at radius 2 is 2.08 bits per heavy atom. The molecule has 1 aromatic carbocycles. The predicted molar refractivity (Wildman–Crippen MR) is 99.5 cm³/mol. The van der Waals surface area contributed by atoms with Crippen LogP contribution in [0.4, 0.5) is 5.69 Å². The Morgan fingerprint density at radius 3 is 2.79 bits per heavy atom. The molecule has 2 aliphatic heterocycles. The normalized spacial score (nSPS) is 21.4. The first kappa shape index (κ1) is 17.7. The van der Waals surface area contributed by atoms with Crippen LogP contribution >= 0.6 is 11.8 Å². The predicted octanol–water partition coefficient (Wildman–Crippen LogP) is 1.94. The molecule has 5 nitrogen and oxygen atoms in total. The molecule has 0 radical (unpaired) electrons. The number of hydrogen-bond donors (Lipinski definition) is 2. The molecule has 6 heteroatoms. The third-order valence-electron chi connectivity index (χ3n) is 4.91. The summed E-state index contributed by atoms with van der Waals surface area (Å²) in [5.74, 6) is 2.39. The lowest BCUT2D eigenvalue weighted by atomic mass is 9.91. The van der Waals surface area contributed by atoms with E-state index >= 15 is 0 Å². The number of ether oxygens (including phenoxy) is 1. The van der Waals surface area contributed by atoms with Gasteiger partial charge in [-0.1, -0.05) is 12.1 Å². The monoisotopic (exact) mass is 349 g/mol. The molecule has 3 rings (SSSR count). The lowest BCUT2D eigenvalue weighted by Crippen LogP contribution is -2.51. The standard InChI is InChI=1S/C18H27N3O2S/c1-23-18(5-7-19-8-6-18)17(22)20-16-4-2-3-15(13-16)14-21-9-11-24-12-10-21/h2-4,13,19H,5-12,14H2,1H3,(H,20,22). The van der Waals surface area contributed by atoms with Crippen LogP contribution in [0, 0.1) is 0 Å². The van der Waals surface area contributed by atoms with Gasteiger partial charge in [-0.25, -0.2) is 0 Å². The molecule has 0 aromatic heterocycles. The second-order valence-electron chi connectivity index (χ2n) is 6.49. The molecule has 0 bridgehead atoms. The number of nitrogens with one attached hydrogen (secondary N) is 2. The highest BCUT2D eigenvalue weighted by atomic mass is 32.2. The fourth-order valence-electron chi connectivity index (χ4n) is 3.36. The van der Waals surface area contributed by atoms with E-state index in [0.717, 1.165) is 38.4 Å². The third kappa shape index (κ3) is 4.30. The number of anilines is 1. The Balaban J connectivity index is 1.64. The molecule has 0 aliphatic carbocycles. The van der Waals surface area contributed by atoms with Gasteiger partial charge in [-0.2, -0.15) is 11.8 Å². The van der Waals surface area contributed by atoms with Gasteiger partial charge in [-0.3, -0.25) is 9.69 Å². The summed E-state index contributed by atoms with van der Waals surface area (Å²) in [7, 11) is 1.63. The van der Waals surface area contributed by atoms with E-state index in [-0.39, 0.29) is 5.91 Å². The second-order valence-corrected chi connectivity index (χ2v) is 7.72. The molecule has 2 heterocycles. The van der Waals surface area contributed by atoms with E-state index in [1.54, 1.807) is 7.11 Å². The van der Waals surface area contributed by atoms with Crippen molar-refractivity contribution in [3.05, 3.63) is 29.8 Å². The van der Waals surface area contributed by atoms with E-state index in [1.165, 1.54) is 17.1 Å². The maximum Gasteiger partial charge on any atom is 0.256 e. The minimum absolute atomic E-state index is 0.0296. The third-order valence-corrected chi connectivity index (χ3v) is 5.85. The van der Waals surface area contributed by atoms with Crippen molar-refractivity contribution in [1.29, 1.82) is 0 Å². The highest BCUT2D eigenvalue weighted by molar-refractivity contribution is 7.99. The number of carbonyl (C=O) groups is 1. The molecule has 1 aromatic rings. The van der Waals surface area contributed by atoms with Crippen LogP contribution < -0.4 is 10.6 Å². The summed E-state index contributed by atoms with van der Waals surface area (Å²) in [6, 6.07) is 8.20. The first-order chi connectivity index (χ1) is 11.7. The summed E-state index contributed by atoms with van der Waals surface area (Å²) in [6.45, 7) is 4.86. The number of thioether (sulfide) groups is 1. The first-order valence-corrected chi connectivity index (χ1v) is 9.84. The largest absolute Gasteiger partial charge is 0.368 e. The van der Waals surface area contributed by atoms with E-state index in [1.807, 2.05) is 23.9 Å². The fourth-order valence-corrected chi connectivity index (χ4v) is 4.34. The van der Waals surface area contributed by atoms with Gasteiger partial charge in [0.1, 0.15) is 5.60 Å². The van der Waals surface area contributed by atoms with Crippen molar-refractivity contribution in [3.63, 3.8) is 0 Å². The smallest absolute Gasteiger partial charge is 0.256 e. The molecule has 2 saturated heterocycles. The van der Waals surface area contributed by atoms with Crippen LogP contribution in [0.15, 0.2) is 24.3 Å². The number of rotatable bonds is 5. The summed E-state index contributed by atoms with van der Waals surface area (Å²) in [4.78, 5) is 15.2. The Morgan fingerprint density at radius 1 is 1.33 bits per heavy atom. The lowest BCUT2D eigenvalue weighted by Gasteiger charge is -2.34. The van der Waals surface area contributed by atoms with Gasteiger partial charge in [0, 0.05) is 43.9 Å². The zero-order valence-corrected chi connectivity index (χ0v) is 15.2. The quantitative estimate of drug-likeness (QED) is 0.851. The van der Waals surface area contributed by atoms with Crippen LogP contribution in [-0.2, 0) is 16.1 Å². The number of piperidine rings is 1. The zero-order chi connectivity index (χ0) is 16.8. The Labute approximate surface area is 148 Å². The van der Waals surface area contributed by atoms with Gasteiger partial charge < -0.3 is 15.4 Å². The van der Waals surface area contributed by atoms with E-state index in [9.17, 15) is 4.79 Å². The van der Waals surface area contributed by atoms with Crippen LogP contribution in [0.2, 0.25) is 0 Å². The van der Waals surface area contributed by atoms with E-state index in [4.69, 9.17) is 4.74 Å². The molecule has 24 heavy (non-hydrogen) atoms. The molecule has 0 saturated carbocycles. The lowest BCUT2D eigenvalue weighted by molar-refractivity contribution is -0.140. The molecule has 0 atom stereocenters. The SMILES string of the molecule is COC1(C(=O)Nc2cccc(CN3CCSCC3)c2)CCNCC1. The summed E-state index contributed by atoms with van der Waals surface area (Å²) < 4.78 is 5.60. The van der Waals surface area contributed by atoms with E-state index in [0.29, 0.717) is 12.8 Å². The summed E-state index contributed by atoms with van der Waals surface area (Å²) in [5, 5.41) is 6.35. The van der Waals surface area contributed by atoms with Crippen LogP contribution in [-0.4, -0.2) is 61.2 Å². The van der Waals surface area contributed by atoms with Crippen LogP contribution in [0.25, 0.3) is 0 Å². The number of methoxy groups -OCH3 is 1. The number of hydrogen-bond acceptors (Lipinski definition) is 5. The van der Waals surface area contributed by atoms with Crippen molar-refractivity contribution >= 4 is 23.4 Å². The van der Waals surface area contributed by atoms with Gasteiger partial charge in [0.05, 0.1) is 0 Å². The highest BCUT2D eigenvalue weighted by Gasteiger charge is 2.39. The molecule has 0 spiro atoms. The molecule has 132 valence electrons. The highest BCUT2D eigenvalue weighted by Crippen LogP contribution is 2.25. The fraction of sp³-hybridized carbons (Fsp3) is 0.611. The van der Waals surface area contributed by atoms with Gasteiger partial charge in [-0.15, -0.1) is 0 Å². The van der Waals surface area contributed by atoms with Crippen LogP contribution in [0.3, 0.4) is 0 Å². The molecule has 2 fully saturated rings. The minimum atomic E-state index is -0.703. The van der Waals surface area contributed by atoms with Crippen LogP contribution in [0.1, 0.15) is 18.4 Å². The molecule has 1 amide bonds. The number of nitrogens with zero attached hydrogens (tertiary/aromatic N) is 1. The average Bonchev–Trinajstić information content (AvgIpc) is 2.63. The van der Waals surface area contributed by atoms with Crippen molar-refractivity contribution in [2.75, 3.05) is 50.1 Å². The van der Waals surface area contributed by atoms with Crippen molar-refractivity contribution in [2.45, 2.75) is 25.0 Å². The minimum Gasteiger partial charge on any atom is -0.368 e.